The van der Waals surface area contributed by atoms with Crippen LogP contribution in [0, 0.1) is 0 Å². The second kappa shape index (κ2) is 6.28. The van der Waals surface area contributed by atoms with Crippen molar-refractivity contribution in [3.63, 3.8) is 0 Å². The van der Waals surface area contributed by atoms with Crippen LogP contribution in [-0.2, 0) is 9.59 Å². The topological polar surface area (TPSA) is 164 Å². The Labute approximate surface area is 95.9 Å². The van der Waals surface area contributed by atoms with E-state index in [4.69, 9.17) is 10.6 Å². The van der Waals surface area contributed by atoms with Crippen LogP contribution in [-0.4, -0.2) is 63.0 Å². The maximum Gasteiger partial charge on any atom is 0.204 e. The van der Waals surface area contributed by atoms with Crippen molar-refractivity contribution in [3.8, 4) is 0 Å². The maximum absolute atomic E-state index is 11.0. The van der Waals surface area contributed by atoms with E-state index in [2.05, 4.69) is 10.0 Å². The van der Waals surface area contributed by atoms with E-state index in [1.54, 1.807) is 0 Å². The number of nitrogens with zero attached hydrogens (tertiary/aromatic N) is 3. The van der Waals surface area contributed by atoms with Gasteiger partial charge in [-0.3, -0.25) is 9.59 Å². The molecule has 4 unspecified atom stereocenters. The maximum atomic E-state index is 11.0. The molecule has 0 saturated heterocycles. The van der Waals surface area contributed by atoms with Gasteiger partial charge in [-0.15, -0.1) is 0 Å². The predicted octanol–water partition coefficient (Wildman–Crippen LogP) is -2.10. The molecule has 0 saturated carbocycles. The molecule has 0 rings (SSSR count). The number of aldehydes is 1. The van der Waals surface area contributed by atoms with Crippen LogP contribution in [0.3, 0.4) is 0 Å². The molecule has 0 aromatic rings. The van der Waals surface area contributed by atoms with Crippen LogP contribution in [0.2, 0.25) is 0 Å². The molecule has 0 aromatic carbocycles. The number of hydrogen-bond donors (Lipinski definition) is 4. The third kappa shape index (κ3) is 3.22. The minimum Gasteiger partial charge on any atom is -0.394 e. The summed E-state index contributed by atoms with van der Waals surface area (Å²) in [5.74, 6) is -1.08. The van der Waals surface area contributed by atoms with Gasteiger partial charge in [-0.1, -0.05) is 5.11 Å². The van der Waals surface area contributed by atoms with Crippen LogP contribution in [0.25, 0.3) is 10.4 Å². The van der Waals surface area contributed by atoms with Crippen LogP contribution in [0.4, 0.5) is 0 Å². The summed E-state index contributed by atoms with van der Waals surface area (Å²) in [6.45, 7) is -0.0380. The Kier molecular flexibility index (Phi) is 5.72. The number of carbonyl (C=O) groups excluding carboxylic acids is 2. The molecule has 0 aliphatic carbocycles. The van der Waals surface area contributed by atoms with E-state index in [9.17, 15) is 24.9 Å². The number of aliphatic hydroxyl groups is 4. The van der Waals surface area contributed by atoms with Gasteiger partial charge in [0.05, 0.1) is 18.8 Å². The number of carbonyl (C=O) groups is 2. The van der Waals surface area contributed by atoms with Gasteiger partial charge in [0.1, 0.15) is 6.10 Å². The van der Waals surface area contributed by atoms with Crippen LogP contribution in [0.15, 0.2) is 5.11 Å². The Hall–Kier alpha value is -1.51. The lowest BCUT2D eigenvalue weighted by atomic mass is 9.87. The fraction of sp³-hybridized carbons (Fsp3) is 0.750. The second-order valence-corrected chi connectivity index (χ2v) is 3.39. The van der Waals surface area contributed by atoms with E-state index in [-0.39, 0.29) is 6.29 Å². The van der Waals surface area contributed by atoms with Gasteiger partial charge in [0.25, 0.3) is 0 Å². The minimum absolute atomic E-state index is 0.218. The van der Waals surface area contributed by atoms with Crippen molar-refractivity contribution in [3.05, 3.63) is 10.4 Å². The molecule has 0 bridgehead atoms. The summed E-state index contributed by atoms with van der Waals surface area (Å²) in [4.78, 5) is 23.9. The smallest absolute Gasteiger partial charge is 0.204 e. The van der Waals surface area contributed by atoms with E-state index in [0.29, 0.717) is 0 Å². The molecule has 0 radical (unpaired) electrons. The molecule has 0 aliphatic heterocycles. The van der Waals surface area contributed by atoms with E-state index < -0.39 is 36.2 Å². The standard InChI is InChI=1S/C8H13N3O6/c1-4(14)8(17,3-13)7(16)6(10-11-9)5(15)2-12/h3,5-7,12,15-17H,2H2,1H3. The summed E-state index contributed by atoms with van der Waals surface area (Å²) in [5, 5.41) is 40.0. The summed E-state index contributed by atoms with van der Waals surface area (Å²) < 4.78 is 0. The number of azide groups is 1. The molecule has 4 atom stereocenters. The normalized spacial score (nSPS) is 19.4. The van der Waals surface area contributed by atoms with Crippen LogP contribution < -0.4 is 0 Å². The molecule has 4 N–H and O–H groups in total. The third-order valence-electron chi connectivity index (χ3n) is 2.28. The van der Waals surface area contributed by atoms with E-state index in [1.807, 2.05) is 0 Å². The van der Waals surface area contributed by atoms with Gasteiger partial charge in [-0.05, 0) is 12.5 Å². The average molecular weight is 247 g/mol. The summed E-state index contributed by atoms with van der Waals surface area (Å²) in [6.07, 6.45) is -4.09. The van der Waals surface area contributed by atoms with E-state index in [1.165, 1.54) is 0 Å². The predicted molar refractivity (Wildman–Crippen MR) is 53.7 cm³/mol. The van der Waals surface area contributed by atoms with Gasteiger partial charge in [0, 0.05) is 4.91 Å². The molecule has 0 fully saturated rings. The van der Waals surface area contributed by atoms with Gasteiger partial charge in [0.2, 0.25) is 5.60 Å². The molecule has 0 aromatic heterocycles. The molecule has 0 spiro atoms. The first-order chi connectivity index (χ1) is 7.84. The lowest BCUT2D eigenvalue weighted by Crippen LogP contribution is -2.57. The van der Waals surface area contributed by atoms with Crippen molar-refractivity contribution in [1.29, 1.82) is 0 Å². The van der Waals surface area contributed by atoms with Gasteiger partial charge in [-0.2, -0.15) is 0 Å². The molecule has 96 valence electrons. The molecule has 17 heavy (non-hydrogen) atoms. The Balaban J connectivity index is 5.32. The lowest BCUT2D eigenvalue weighted by molar-refractivity contribution is -0.158. The molecular weight excluding hydrogens is 234 g/mol. The van der Waals surface area contributed by atoms with Crippen LogP contribution in [0.5, 0.6) is 0 Å². The zero-order valence-corrected chi connectivity index (χ0v) is 8.96. The Morgan fingerprint density at radius 3 is 2.41 bits per heavy atom. The largest absolute Gasteiger partial charge is 0.394 e. The zero-order valence-electron chi connectivity index (χ0n) is 8.96. The third-order valence-corrected chi connectivity index (χ3v) is 2.28. The monoisotopic (exact) mass is 247 g/mol. The second-order valence-electron chi connectivity index (χ2n) is 3.39. The summed E-state index contributed by atoms with van der Waals surface area (Å²) >= 11 is 0. The number of rotatable bonds is 7. The van der Waals surface area contributed by atoms with Crippen molar-refractivity contribution in [1.82, 2.24) is 0 Å². The first-order valence-electron chi connectivity index (χ1n) is 4.56. The number of ketones is 1. The average Bonchev–Trinajstić information content (AvgIpc) is 2.32. The Bertz CT molecular complexity index is 342. The highest BCUT2D eigenvalue weighted by molar-refractivity contribution is 6.00. The SMILES string of the molecule is CC(=O)C(O)(C=O)C(O)C(N=[N+]=[N-])C(O)CO. The lowest BCUT2D eigenvalue weighted by Gasteiger charge is -2.30. The molecule has 0 amide bonds. The molecule has 0 heterocycles. The molecule has 9 heteroatoms. The first kappa shape index (κ1) is 15.5. The molecule has 0 aliphatic rings. The summed E-state index contributed by atoms with van der Waals surface area (Å²) in [6, 6.07) is -1.73. The van der Waals surface area contributed by atoms with Crippen molar-refractivity contribution < 1.29 is 30.0 Å². The van der Waals surface area contributed by atoms with Gasteiger partial charge in [-0.25, -0.2) is 0 Å². The van der Waals surface area contributed by atoms with Crippen LogP contribution in [0.1, 0.15) is 6.92 Å². The highest BCUT2D eigenvalue weighted by Crippen LogP contribution is 2.18. The van der Waals surface area contributed by atoms with Crippen molar-refractivity contribution in [2.24, 2.45) is 5.11 Å². The quantitative estimate of drug-likeness (QED) is 0.132. The molecular formula is C8H13N3O6. The number of hydrogen-bond acceptors (Lipinski definition) is 7. The summed E-state index contributed by atoms with van der Waals surface area (Å²) in [7, 11) is 0. The van der Waals surface area contributed by atoms with E-state index >= 15 is 0 Å². The van der Waals surface area contributed by atoms with E-state index in [0.717, 1.165) is 6.92 Å². The van der Waals surface area contributed by atoms with Gasteiger partial charge >= 0.3 is 0 Å². The number of aliphatic hydroxyl groups excluding tert-OH is 3. The highest BCUT2D eigenvalue weighted by Gasteiger charge is 2.46. The summed E-state index contributed by atoms with van der Waals surface area (Å²) in [5.41, 5.74) is 5.41. The molecule has 9 nitrogen and oxygen atoms in total. The van der Waals surface area contributed by atoms with Crippen molar-refractivity contribution >= 4 is 12.1 Å². The first-order valence-corrected chi connectivity index (χ1v) is 4.56. The fourth-order valence-electron chi connectivity index (χ4n) is 1.14. The Morgan fingerprint density at radius 1 is 1.59 bits per heavy atom. The van der Waals surface area contributed by atoms with Crippen LogP contribution >= 0.6 is 0 Å². The van der Waals surface area contributed by atoms with Crippen molar-refractivity contribution in [2.45, 2.75) is 30.8 Å². The fourth-order valence-corrected chi connectivity index (χ4v) is 1.14. The zero-order chi connectivity index (χ0) is 13.6. The van der Waals surface area contributed by atoms with Gasteiger partial charge < -0.3 is 20.4 Å². The Morgan fingerprint density at radius 2 is 2.12 bits per heavy atom. The van der Waals surface area contributed by atoms with Gasteiger partial charge in [0.15, 0.2) is 12.1 Å². The van der Waals surface area contributed by atoms with Crippen molar-refractivity contribution in [2.75, 3.05) is 6.61 Å². The minimum atomic E-state index is -2.80. The highest BCUT2D eigenvalue weighted by atomic mass is 16.4. The number of Topliss-reactive ketones (excluding diaryl/α,β-unsaturated/α-hetero) is 1.